The first kappa shape index (κ1) is 13.6. The Morgan fingerprint density at radius 3 is 2.76 bits per heavy atom. The standard InChI is InChI=1S/C18H12BrIO/c19-13-7-12(8-14(20)10-13)11-5-6-16-15-3-1-2-4-17(15)21-18(16)9-11/h1-4,7-10H,5-6H2. The maximum Gasteiger partial charge on any atom is 0.135 e. The van der Waals surface area contributed by atoms with Gasteiger partial charge in [-0.3, -0.25) is 0 Å². The minimum Gasteiger partial charge on any atom is -0.456 e. The van der Waals surface area contributed by atoms with Crippen LogP contribution in [-0.4, -0.2) is 0 Å². The summed E-state index contributed by atoms with van der Waals surface area (Å²) in [7, 11) is 0. The van der Waals surface area contributed by atoms with Gasteiger partial charge in [0.25, 0.3) is 0 Å². The van der Waals surface area contributed by atoms with Gasteiger partial charge in [-0.15, -0.1) is 0 Å². The maximum absolute atomic E-state index is 6.01. The van der Waals surface area contributed by atoms with E-state index >= 15 is 0 Å². The summed E-state index contributed by atoms with van der Waals surface area (Å²) in [5, 5.41) is 1.26. The van der Waals surface area contributed by atoms with Gasteiger partial charge in [0.1, 0.15) is 11.3 Å². The second-order valence-electron chi connectivity index (χ2n) is 5.27. The highest BCUT2D eigenvalue weighted by Crippen LogP contribution is 2.37. The second-order valence-corrected chi connectivity index (χ2v) is 7.43. The number of rotatable bonds is 1. The minimum atomic E-state index is 0.990. The summed E-state index contributed by atoms with van der Waals surface area (Å²) in [4.78, 5) is 0. The van der Waals surface area contributed by atoms with Crippen LogP contribution in [0.4, 0.5) is 0 Å². The van der Waals surface area contributed by atoms with Crippen molar-refractivity contribution in [3.05, 3.63) is 67.4 Å². The van der Waals surface area contributed by atoms with Gasteiger partial charge in [-0.05, 0) is 76.9 Å². The van der Waals surface area contributed by atoms with E-state index in [2.05, 4.69) is 74.9 Å². The number of hydrogen-bond acceptors (Lipinski definition) is 1. The topological polar surface area (TPSA) is 13.1 Å². The summed E-state index contributed by atoms with van der Waals surface area (Å²) in [6.07, 6.45) is 4.31. The van der Waals surface area contributed by atoms with E-state index in [9.17, 15) is 0 Å². The number of benzene rings is 2. The monoisotopic (exact) mass is 450 g/mol. The third-order valence-electron chi connectivity index (χ3n) is 3.91. The molecule has 0 aliphatic heterocycles. The number of aryl methyl sites for hydroxylation is 1. The van der Waals surface area contributed by atoms with Crippen LogP contribution in [-0.2, 0) is 6.42 Å². The zero-order valence-corrected chi connectivity index (χ0v) is 14.9. The van der Waals surface area contributed by atoms with E-state index in [1.54, 1.807) is 0 Å². The Kier molecular flexibility index (Phi) is 3.42. The summed E-state index contributed by atoms with van der Waals surface area (Å²) in [5.41, 5.74) is 4.96. The number of halogens is 2. The first-order chi connectivity index (χ1) is 10.2. The van der Waals surface area contributed by atoms with E-state index in [4.69, 9.17) is 4.42 Å². The van der Waals surface area contributed by atoms with Crippen molar-refractivity contribution in [1.29, 1.82) is 0 Å². The summed E-state index contributed by atoms with van der Waals surface area (Å²) >= 11 is 5.94. The average molecular weight is 451 g/mol. The van der Waals surface area contributed by atoms with Gasteiger partial charge in [0.05, 0.1) is 0 Å². The SMILES string of the molecule is Brc1cc(I)cc(C2=Cc3oc4ccccc4c3CC2)c1. The average Bonchev–Trinajstić information content (AvgIpc) is 2.83. The molecule has 104 valence electrons. The van der Waals surface area contributed by atoms with Crippen molar-refractivity contribution in [3.8, 4) is 0 Å². The molecule has 3 aromatic rings. The lowest BCUT2D eigenvalue weighted by Gasteiger charge is -2.14. The molecule has 1 nitrogen and oxygen atoms in total. The van der Waals surface area contributed by atoms with Crippen molar-refractivity contribution in [2.24, 2.45) is 0 Å². The fraction of sp³-hybridized carbons (Fsp3) is 0.111. The van der Waals surface area contributed by atoms with Crippen LogP contribution in [0.25, 0.3) is 22.6 Å². The van der Waals surface area contributed by atoms with Gasteiger partial charge in [0.15, 0.2) is 0 Å². The third kappa shape index (κ3) is 2.46. The Morgan fingerprint density at radius 1 is 1.05 bits per heavy atom. The second kappa shape index (κ2) is 5.29. The normalized spacial score (nSPS) is 14.1. The Morgan fingerprint density at radius 2 is 1.90 bits per heavy atom. The number of fused-ring (bicyclic) bond motifs is 3. The number of hydrogen-bond donors (Lipinski definition) is 0. The van der Waals surface area contributed by atoms with Crippen molar-refractivity contribution < 1.29 is 4.42 Å². The molecule has 0 saturated carbocycles. The largest absolute Gasteiger partial charge is 0.456 e. The predicted molar refractivity (Wildman–Crippen MR) is 99.3 cm³/mol. The van der Waals surface area contributed by atoms with Crippen molar-refractivity contribution in [2.75, 3.05) is 0 Å². The maximum atomic E-state index is 6.01. The molecule has 0 N–H and O–H groups in total. The molecule has 1 aliphatic rings. The van der Waals surface area contributed by atoms with Gasteiger partial charge in [-0.1, -0.05) is 34.1 Å². The summed E-state index contributed by atoms with van der Waals surface area (Å²) in [5.74, 6) is 1.02. The summed E-state index contributed by atoms with van der Waals surface area (Å²) in [6.45, 7) is 0. The molecular weight excluding hydrogens is 439 g/mol. The lowest BCUT2D eigenvalue weighted by Crippen LogP contribution is -1.97. The first-order valence-corrected chi connectivity index (χ1v) is 8.75. The number of furan rings is 1. The van der Waals surface area contributed by atoms with Gasteiger partial charge < -0.3 is 4.42 Å². The van der Waals surface area contributed by atoms with E-state index < -0.39 is 0 Å². The molecular formula is C18H12BrIO. The lowest BCUT2D eigenvalue weighted by atomic mass is 9.91. The molecule has 1 aromatic heterocycles. The minimum absolute atomic E-state index is 0.990. The molecule has 0 atom stereocenters. The smallest absolute Gasteiger partial charge is 0.135 e. The molecule has 21 heavy (non-hydrogen) atoms. The Bertz CT molecular complexity index is 856. The van der Waals surface area contributed by atoms with Crippen LogP contribution in [0, 0.1) is 3.57 Å². The van der Waals surface area contributed by atoms with Crippen molar-refractivity contribution >= 4 is 61.1 Å². The summed E-state index contributed by atoms with van der Waals surface area (Å²) in [6, 6.07) is 14.8. The van der Waals surface area contributed by atoms with Crippen molar-refractivity contribution in [2.45, 2.75) is 12.8 Å². The van der Waals surface area contributed by atoms with Crippen LogP contribution in [0.3, 0.4) is 0 Å². The number of allylic oxidation sites excluding steroid dienone is 1. The van der Waals surface area contributed by atoms with Crippen LogP contribution >= 0.6 is 38.5 Å². The Labute approximate surface area is 145 Å². The van der Waals surface area contributed by atoms with Crippen LogP contribution in [0.2, 0.25) is 0 Å². The van der Waals surface area contributed by atoms with Gasteiger partial charge >= 0.3 is 0 Å². The molecule has 0 spiro atoms. The zero-order valence-electron chi connectivity index (χ0n) is 11.2. The molecule has 0 radical (unpaired) electrons. The highest BCUT2D eigenvalue weighted by molar-refractivity contribution is 14.1. The van der Waals surface area contributed by atoms with E-state index in [0.29, 0.717) is 0 Å². The highest BCUT2D eigenvalue weighted by atomic mass is 127. The lowest BCUT2D eigenvalue weighted by molar-refractivity contribution is 0.596. The van der Waals surface area contributed by atoms with Crippen LogP contribution in [0.15, 0.2) is 51.4 Å². The van der Waals surface area contributed by atoms with Crippen LogP contribution in [0.1, 0.15) is 23.3 Å². The van der Waals surface area contributed by atoms with E-state index in [1.807, 2.05) is 12.1 Å². The Hall–Kier alpha value is -1.07. The van der Waals surface area contributed by atoms with Gasteiger partial charge in [-0.25, -0.2) is 0 Å². The van der Waals surface area contributed by atoms with Crippen molar-refractivity contribution in [1.82, 2.24) is 0 Å². The van der Waals surface area contributed by atoms with E-state index in [0.717, 1.165) is 28.7 Å². The fourth-order valence-corrected chi connectivity index (χ4v) is 4.54. The Balaban J connectivity index is 1.85. The molecule has 0 fully saturated rings. The van der Waals surface area contributed by atoms with Crippen LogP contribution in [0.5, 0.6) is 0 Å². The van der Waals surface area contributed by atoms with Crippen molar-refractivity contribution in [3.63, 3.8) is 0 Å². The van der Waals surface area contributed by atoms with Gasteiger partial charge in [-0.2, -0.15) is 0 Å². The molecule has 4 rings (SSSR count). The van der Waals surface area contributed by atoms with E-state index in [1.165, 1.54) is 25.7 Å². The first-order valence-electron chi connectivity index (χ1n) is 6.88. The fourth-order valence-electron chi connectivity index (χ4n) is 2.95. The summed E-state index contributed by atoms with van der Waals surface area (Å²) < 4.78 is 8.38. The molecule has 1 aliphatic carbocycles. The molecule has 0 amide bonds. The molecule has 0 saturated heterocycles. The third-order valence-corrected chi connectivity index (χ3v) is 4.99. The molecule has 0 bridgehead atoms. The van der Waals surface area contributed by atoms with Gasteiger partial charge in [0, 0.05) is 19.0 Å². The number of para-hydroxylation sites is 1. The quantitative estimate of drug-likeness (QED) is 0.397. The highest BCUT2D eigenvalue weighted by Gasteiger charge is 2.18. The molecule has 0 unspecified atom stereocenters. The van der Waals surface area contributed by atoms with E-state index in [-0.39, 0.29) is 0 Å². The molecule has 2 aromatic carbocycles. The predicted octanol–water partition coefficient (Wildman–Crippen LogP) is 6.29. The van der Waals surface area contributed by atoms with Gasteiger partial charge in [0.2, 0.25) is 0 Å². The zero-order chi connectivity index (χ0) is 14.4. The molecule has 1 heterocycles. The molecule has 3 heteroatoms. The van der Waals surface area contributed by atoms with Crippen LogP contribution < -0.4 is 0 Å².